The third-order valence-electron chi connectivity index (χ3n) is 4.90. The molecule has 0 aliphatic rings. The monoisotopic (exact) mass is 488 g/mol. The van der Waals surface area contributed by atoms with Crippen molar-refractivity contribution in [1.29, 1.82) is 0 Å². The van der Waals surface area contributed by atoms with Gasteiger partial charge in [-0.2, -0.15) is 0 Å². The van der Waals surface area contributed by atoms with Gasteiger partial charge in [-0.15, -0.1) is 0 Å². The molecule has 0 aliphatic carbocycles. The van der Waals surface area contributed by atoms with Crippen LogP contribution in [0.5, 0.6) is 0 Å². The molecule has 0 unspecified atom stereocenters. The SMILES string of the molecule is CCCC[C@H](C)C[I-][P+](c1ccccc1)(c1ccccc1)c1ccccc1. The van der Waals surface area contributed by atoms with Crippen molar-refractivity contribution in [3.8, 4) is 0 Å². The first kappa shape index (κ1) is 20.6. The fraction of sp³-hybridized carbons (Fsp3) is 0.280. The third-order valence-corrected chi connectivity index (χ3v) is 19.2. The second-order valence-corrected chi connectivity index (χ2v) is 17.4. The Kier molecular flexibility index (Phi) is 7.91. The van der Waals surface area contributed by atoms with Gasteiger partial charge in [-0.1, -0.05) is 0 Å². The Bertz CT molecular complexity index is 690. The molecule has 0 bridgehead atoms. The zero-order valence-corrected chi connectivity index (χ0v) is 19.4. The Balaban J connectivity index is 2.08. The second-order valence-electron chi connectivity index (χ2n) is 7.12. The Morgan fingerprint density at radius 1 is 0.704 bits per heavy atom. The van der Waals surface area contributed by atoms with E-state index in [-0.39, 0.29) is 20.7 Å². The number of hydrogen-bond acceptors (Lipinski definition) is 0. The predicted octanol–water partition coefficient (Wildman–Crippen LogP) is 2.81. The number of rotatable bonds is 9. The van der Waals surface area contributed by atoms with Gasteiger partial charge in [0, 0.05) is 0 Å². The first-order chi connectivity index (χ1) is 13.3. The van der Waals surface area contributed by atoms with Gasteiger partial charge in [0.2, 0.25) is 0 Å². The molecular formula is C25H30IP. The summed E-state index contributed by atoms with van der Waals surface area (Å²) in [5, 5.41) is 4.66. The van der Waals surface area contributed by atoms with Crippen LogP contribution in [0.4, 0.5) is 0 Å². The average Bonchev–Trinajstić information content (AvgIpc) is 2.75. The fourth-order valence-electron chi connectivity index (χ4n) is 3.41. The van der Waals surface area contributed by atoms with Gasteiger partial charge in [-0.3, -0.25) is 0 Å². The van der Waals surface area contributed by atoms with Gasteiger partial charge < -0.3 is 0 Å². The molecular weight excluding hydrogens is 458 g/mol. The van der Waals surface area contributed by atoms with Gasteiger partial charge >= 0.3 is 176 Å². The van der Waals surface area contributed by atoms with E-state index in [9.17, 15) is 0 Å². The minimum atomic E-state index is -1.53. The van der Waals surface area contributed by atoms with Crippen molar-refractivity contribution in [1.82, 2.24) is 0 Å². The number of unbranched alkanes of at least 4 members (excludes halogenated alkanes) is 1. The van der Waals surface area contributed by atoms with E-state index in [0.29, 0.717) is 0 Å². The van der Waals surface area contributed by atoms with Crippen LogP contribution in [-0.4, -0.2) is 4.43 Å². The maximum atomic E-state index is 2.46. The molecule has 2 heteroatoms. The van der Waals surface area contributed by atoms with Crippen LogP contribution in [0, 0.1) is 5.92 Å². The van der Waals surface area contributed by atoms with Crippen molar-refractivity contribution < 1.29 is 20.7 Å². The summed E-state index contributed by atoms with van der Waals surface area (Å²) in [4.78, 5) is -1.53. The molecule has 0 N–H and O–H groups in total. The normalized spacial score (nSPS) is 12.8. The Labute approximate surface area is 175 Å². The summed E-state index contributed by atoms with van der Waals surface area (Å²) in [7, 11) is 0. The zero-order valence-electron chi connectivity index (χ0n) is 16.4. The van der Waals surface area contributed by atoms with Crippen molar-refractivity contribution in [2.75, 3.05) is 4.43 Å². The minimum absolute atomic E-state index is 0.0107. The number of halogens is 1. The first-order valence-electron chi connectivity index (χ1n) is 9.94. The number of benzene rings is 3. The summed E-state index contributed by atoms with van der Waals surface area (Å²) in [5.41, 5.74) is 0. The second kappa shape index (κ2) is 10.4. The van der Waals surface area contributed by atoms with Gasteiger partial charge in [0.1, 0.15) is 0 Å². The van der Waals surface area contributed by atoms with Crippen LogP contribution < -0.4 is 36.6 Å². The Morgan fingerprint density at radius 3 is 1.48 bits per heavy atom. The van der Waals surface area contributed by atoms with Crippen LogP contribution in [0.3, 0.4) is 0 Å². The molecule has 0 fully saturated rings. The van der Waals surface area contributed by atoms with E-state index in [1.807, 2.05) is 0 Å². The van der Waals surface area contributed by atoms with Gasteiger partial charge in [0.15, 0.2) is 0 Å². The molecule has 3 aromatic carbocycles. The van der Waals surface area contributed by atoms with Gasteiger partial charge in [-0.05, 0) is 0 Å². The van der Waals surface area contributed by atoms with Crippen LogP contribution in [0.2, 0.25) is 0 Å². The molecule has 0 aliphatic heterocycles. The molecule has 0 spiro atoms. The molecule has 0 heterocycles. The molecule has 3 aromatic rings. The van der Waals surface area contributed by atoms with Crippen LogP contribution >= 0.6 is 4.90 Å². The topological polar surface area (TPSA) is 0 Å². The van der Waals surface area contributed by atoms with E-state index in [0.717, 1.165) is 5.92 Å². The van der Waals surface area contributed by atoms with E-state index in [1.165, 1.54) is 23.7 Å². The van der Waals surface area contributed by atoms with Gasteiger partial charge in [0.05, 0.1) is 0 Å². The Hall–Kier alpha value is -1.18. The summed E-state index contributed by atoms with van der Waals surface area (Å²) in [6, 6.07) is 34.1. The third kappa shape index (κ3) is 5.00. The van der Waals surface area contributed by atoms with Crippen LogP contribution in [0.1, 0.15) is 33.1 Å². The first-order valence-corrected chi connectivity index (χ1v) is 16.0. The van der Waals surface area contributed by atoms with E-state index in [2.05, 4.69) is 105 Å². The Morgan fingerprint density at radius 2 is 1.11 bits per heavy atom. The molecule has 1 atom stereocenters. The average molecular weight is 488 g/mol. The summed E-state index contributed by atoms with van der Waals surface area (Å²) >= 11 is -0.0107. The van der Waals surface area contributed by atoms with Crippen molar-refractivity contribution in [3.05, 3.63) is 91.0 Å². The molecule has 3 rings (SSSR count). The molecule has 0 saturated carbocycles. The molecule has 0 aromatic heterocycles. The summed E-state index contributed by atoms with van der Waals surface area (Å²) in [5.74, 6) is 0.827. The fourth-order valence-corrected chi connectivity index (χ4v) is 17.6. The van der Waals surface area contributed by atoms with E-state index in [1.54, 1.807) is 15.9 Å². The molecule has 27 heavy (non-hydrogen) atoms. The predicted molar refractivity (Wildman–Crippen MR) is 119 cm³/mol. The molecule has 0 saturated heterocycles. The van der Waals surface area contributed by atoms with E-state index >= 15 is 0 Å². The molecule has 0 amide bonds. The van der Waals surface area contributed by atoms with Gasteiger partial charge in [-0.25, -0.2) is 0 Å². The van der Waals surface area contributed by atoms with Crippen LogP contribution in [-0.2, 0) is 0 Å². The number of hydrogen-bond donors (Lipinski definition) is 0. The maximum absolute atomic E-state index is 2.46. The van der Waals surface area contributed by atoms with Crippen LogP contribution in [0.15, 0.2) is 91.0 Å². The van der Waals surface area contributed by atoms with Crippen molar-refractivity contribution >= 4 is 20.8 Å². The van der Waals surface area contributed by atoms with Crippen molar-refractivity contribution in [2.45, 2.75) is 33.1 Å². The standard InChI is InChI=1S/C25H30IP/c1-3-4-14-22(2)21-26-27(23-15-8-5-9-16-23,24-17-10-6-11-18-24)25-19-12-7-13-20-25/h5-13,15-20,22H,3-4,14,21H2,1-2H3/t22-/m0/s1. The molecule has 0 radical (unpaired) electrons. The van der Waals surface area contributed by atoms with E-state index in [4.69, 9.17) is 0 Å². The van der Waals surface area contributed by atoms with E-state index < -0.39 is 4.90 Å². The van der Waals surface area contributed by atoms with Crippen molar-refractivity contribution in [2.24, 2.45) is 5.92 Å². The van der Waals surface area contributed by atoms with Gasteiger partial charge in [0.25, 0.3) is 0 Å². The summed E-state index contributed by atoms with van der Waals surface area (Å²) in [6.45, 7) is 4.77. The molecule has 0 nitrogen and oxygen atoms in total. The summed E-state index contributed by atoms with van der Waals surface area (Å²) in [6.07, 6.45) is 4.03. The van der Waals surface area contributed by atoms with Crippen molar-refractivity contribution in [3.63, 3.8) is 0 Å². The number of alkyl halides is 1. The summed E-state index contributed by atoms with van der Waals surface area (Å²) < 4.78 is 1.39. The molecule has 142 valence electrons. The van der Waals surface area contributed by atoms with Crippen LogP contribution in [0.25, 0.3) is 0 Å². The quantitative estimate of drug-likeness (QED) is 0.247. The zero-order chi connectivity index (χ0) is 19.0.